The van der Waals surface area contributed by atoms with E-state index in [2.05, 4.69) is 21.2 Å². The molecule has 0 bridgehead atoms. The molecule has 2 rings (SSSR count). The molecule has 0 amide bonds. The summed E-state index contributed by atoms with van der Waals surface area (Å²) in [5.74, 6) is -0.629. The number of halogens is 4. The topological polar surface area (TPSA) is 131 Å². The summed E-state index contributed by atoms with van der Waals surface area (Å²) >= 11 is 3.29. The lowest BCUT2D eigenvalue weighted by atomic mass is 10.1. The van der Waals surface area contributed by atoms with Gasteiger partial charge in [0.15, 0.2) is 0 Å². The van der Waals surface area contributed by atoms with Gasteiger partial charge in [-0.15, -0.1) is 0 Å². The molecular weight excluding hydrogens is 775 g/mol. The van der Waals surface area contributed by atoms with Crippen molar-refractivity contribution in [1.82, 2.24) is 0 Å². The number of carbonyl (C=O) groups excluding carboxylic acids is 1. The summed E-state index contributed by atoms with van der Waals surface area (Å²) in [4.78, 5) is 12.6. The number of rotatable bonds is 35. The van der Waals surface area contributed by atoms with E-state index in [1.165, 1.54) is 18.2 Å². The van der Waals surface area contributed by atoms with E-state index in [0.29, 0.717) is 131 Å². The summed E-state index contributed by atoms with van der Waals surface area (Å²) in [7, 11) is 0. The quantitative estimate of drug-likeness (QED) is 0.0558. The van der Waals surface area contributed by atoms with E-state index in [1.54, 1.807) is 18.2 Å². The summed E-state index contributed by atoms with van der Waals surface area (Å²) in [6.07, 6.45) is -4.48. The van der Waals surface area contributed by atoms with Crippen molar-refractivity contribution in [3.05, 3.63) is 59.7 Å². The average Bonchev–Trinajstić information content (AvgIpc) is 3.15. The second-order valence-corrected chi connectivity index (χ2v) is 11.5. The van der Waals surface area contributed by atoms with Crippen molar-refractivity contribution in [2.24, 2.45) is 0 Å². The van der Waals surface area contributed by atoms with Crippen LogP contribution in [0.1, 0.15) is 15.9 Å². The molecule has 0 heterocycles. The highest BCUT2D eigenvalue weighted by Crippen LogP contribution is 2.32. The third-order valence-corrected chi connectivity index (χ3v) is 6.97. The van der Waals surface area contributed by atoms with Gasteiger partial charge in [0.25, 0.3) is 0 Å². The lowest BCUT2D eigenvalue weighted by Crippen LogP contribution is -2.16. The molecule has 53 heavy (non-hydrogen) atoms. The van der Waals surface area contributed by atoms with E-state index >= 15 is 0 Å². The Hall–Kier alpha value is -2.42. The maximum absolute atomic E-state index is 13.0. The van der Waals surface area contributed by atoms with Crippen LogP contribution in [-0.2, 0) is 58.3 Å². The van der Waals surface area contributed by atoms with Crippen LogP contribution in [0.4, 0.5) is 24.5 Å². The number of ether oxygens (including phenoxy) is 11. The molecule has 17 heteroatoms. The summed E-state index contributed by atoms with van der Waals surface area (Å²) in [5.41, 5.74) is -0.0905. The van der Waals surface area contributed by atoms with E-state index in [0.717, 1.165) is 17.5 Å². The van der Waals surface area contributed by atoms with E-state index < -0.39 is 17.7 Å². The Bertz CT molecular complexity index is 1180. The molecular formula is C36H53BrF3NO12. The van der Waals surface area contributed by atoms with Crippen LogP contribution in [0.25, 0.3) is 0 Å². The van der Waals surface area contributed by atoms with E-state index in [9.17, 15) is 18.0 Å². The zero-order chi connectivity index (χ0) is 38.1. The molecule has 13 nitrogen and oxygen atoms in total. The number of anilines is 2. The standard InChI is InChI=1S/C36H53BrF3NO12/c37-8-9-43-10-11-44-12-13-45-14-15-46-16-17-47-18-19-48-20-21-49-22-23-50-24-25-51-26-27-52-28-29-53-35(42)33-6-1-2-7-34(33)41-32-5-3-4-31(30-32)36(38,39)40/h1-7,30,41H,8-29H2. The maximum Gasteiger partial charge on any atom is 0.416 e. The van der Waals surface area contributed by atoms with Gasteiger partial charge in [0.1, 0.15) is 6.61 Å². The first-order valence-corrected chi connectivity index (χ1v) is 18.6. The van der Waals surface area contributed by atoms with Gasteiger partial charge in [-0.05, 0) is 30.3 Å². The van der Waals surface area contributed by atoms with Gasteiger partial charge in [0, 0.05) is 11.0 Å². The van der Waals surface area contributed by atoms with Crippen molar-refractivity contribution in [1.29, 1.82) is 0 Å². The van der Waals surface area contributed by atoms with Crippen LogP contribution in [0.3, 0.4) is 0 Å². The molecule has 1 N–H and O–H groups in total. The Morgan fingerprint density at radius 3 is 1.28 bits per heavy atom. The zero-order valence-electron chi connectivity index (χ0n) is 30.1. The predicted octanol–water partition coefficient (Wildman–Crippen LogP) is 5.17. The Kier molecular flexibility index (Phi) is 28.1. The van der Waals surface area contributed by atoms with Gasteiger partial charge in [-0.1, -0.05) is 34.1 Å². The Morgan fingerprint density at radius 1 is 0.509 bits per heavy atom. The largest absolute Gasteiger partial charge is 0.460 e. The molecule has 0 atom stereocenters. The average molecular weight is 829 g/mol. The highest BCUT2D eigenvalue weighted by molar-refractivity contribution is 9.09. The second-order valence-electron chi connectivity index (χ2n) is 10.7. The van der Waals surface area contributed by atoms with Gasteiger partial charge in [-0.3, -0.25) is 0 Å². The fraction of sp³-hybridized carbons (Fsp3) is 0.639. The first-order valence-electron chi connectivity index (χ1n) is 17.5. The minimum atomic E-state index is -4.48. The number of nitrogens with one attached hydrogen (secondary N) is 1. The molecule has 0 aromatic heterocycles. The van der Waals surface area contributed by atoms with Crippen molar-refractivity contribution in [2.75, 3.05) is 149 Å². The number of para-hydroxylation sites is 1. The molecule has 2 aromatic carbocycles. The van der Waals surface area contributed by atoms with Gasteiger partial charge >= 0.3 is 12.1 Å². The second kappa shape index (κ2) is 31.9. The monoisotopic (exact) mass is 827 g/mol. The highest BCUT2D eigenvalue weighted by atomic mass is 79.9. The van der Waals surface area contributed by atoms with Gasteiger partial charge in [-0.2, -0.15) is 13.2 Å². The van der Waals surface area contributed by atoms with E-state index in [4.69, 9.17) is 52.1 Å². The van der Waals surface area contributed by atoms with Crippen LogP contribution in [-0.4, -0.2) is 150 Å². The molecule has 2 aromatic rings. The molecule has 0 aliphatic rings. The van der Waals surface area contributed by atoms with Gasteiger partial charge in [0.2, 0.25) is 0 Å². The number of hydrogen-bond donors (Lipinski definition) is 1. The molecule has 0 aliphatic carbocycles. The van der Waals surface area contributed by atoms with Crippen LogP contribution in [0, 0.1) is 0 Å². The first kappa shape index (κ1) is 46.7. The van der Waals surface area contributed by atoms with Crippen LogP contribution < -0.4 is 5.32 Å². The Morgan fingerprint density at radius 2 is 0.887 bits per heavy atom. The van der Waals surface area contributed by atoms with Crippen LogP contribution >= 0.6 is 15.9 Å². The third-order valence-electron chi connectivity index (χ3n) is 6.65. The van der Waals surface area contributed by atoms with Gasteiger partial charge in [-0.25, -0.2) is 4.79 Å². The minimum Gasteiger partial charge on any atom is -0.460 e. The molecule has 0 aliphatic heterocycles. The van der Waals surface area contributed by atoms with Crippen molar-refractivity contribution in [2.45, 2.75) is 6.18 Å². The Balaban J connectivity index is 1.30. The van der Waals surface area contributed by atoms with Crippen LogP contribution in [0.15, 0.2) is 48.5 Å². The van der Waals surface area contributed by atoms with E-state index in [-0.39, 0.29) is 24.5 Å². The number of carbonyl (C=O) groups is 1. The summed E-state index contributed by atoms with van der Waals surface area (Å²) in [6, 6.07) is 11.1. The molecule has 0 fully saturated rings. The van der Waals surface area contributed by atoms with E-state index in [1.807, 2.05) is 0 Å². The maximum atomic E-state index is 13.0. The lowest BCUT2D eigenvalue weighted by Gasteiger charge is -2.13. The third kappa shape index (κ3) is 25.3. The number of hydrogen-bond acceptors (Lipinski definition) is 13. The molecule has 0 saturated heterocycles. The lowest BCUT2D eigenvalue weighted by molar-refractivity contribution is -0.137. The van der Waals surface area contributed by atoms with Crippen LogP contribution in [0.5, 0.6) is 0 Å². The molecule has 0 saturated carbocycles. The van der Waals surface area contributed by atoms with Crippen molar-refractivity contribution < 1.29 is 70.1 Å². The van der Waals surface area contributed by atoms with Gasteiger partial charge in [0.05, 0.1) is 149 Å². The number of alkyl halides is 4. The summed E-state index contributed by atoms with van der Waals surface area (Å²) in [6.45, 7) is 9.17. The highest BCUT2D eigenvalue weighted by Gasteiger charge is 2.30. The van der Waals surface area contributed by atoms with Gasteiger partial charge < -0.3 is 57.4 Å². The predicted molar refractivity (Wildman–Crippen MR) is 193 cm³/mol. The minimum absolute atomic E-state index is 0.00157. The summed E-state index contributed by atoms with van der Waals surface area (Å²) in [5, 5.41) is 3.68. The van der Waals surface area contributed by atoms with Crippen molar-refractivity contribution >= 4 is 33.3 Å². The first-order chi connectivity index (χ1) is 25.9. The fourth-order valence-electron chi connectivity index (χ4n) is 4.11. The SMILES string of the molecule is O=C(OCCOCCOCCOCCOCCOCCOCCOCCOCCOCCOCCBr)c1ccccc1Nc1cccc(C(F)(F)F)c1. The molecule has 302 valence electrons. The molecule has 0 spiro atoms. The van der Waals surface area contributed by atoms with Crippen molar-refractivity contribution in [3.63, 3.8) is 0 Å². The van der Waals surface area contributed by atoms with Crippen molar-refractivity contribution in [3.8, 4) is 0 Å². The number of benzene rings is 2. The van der Waals surface area contributed by atoms with Crippen LogP contribution in [0.2, 0.25) is 0 Å². The summed E-state index contributed by atoms with van der Waals surface area (Å²) < 4.78 is 98.7. The fourth-order valence-corrected chi connectivity index (χ4v) is 4.33. The number of esters is 1. The Labute approximate surface area is 318 Å². The normalized spacial score (nSPS) is 11.6. The molecule has 0 unspecified atom stereocenters. The molecule has 0 radical (unpaired) electrons. The zero-order valence-corrected chi connectivity index (χ0v) is 31.7. The smallest absolute Gasteiger partial charge is 0.416 e.